The quantitative estimate of drug-likeness (QED) is 0.0223. The number of carbonyl (C=O) groups excluding carboxylic acids is 4. The number of aliphatic carboxylic acids is 4. The number of hydrogen-bond donors (Lipinski definition) is 6. The standard InChI is InChI=1S/2C17H30N2O6.Ca/c2*1-4-5-6-7-8-15(21)18-9-10-19(11-12-20,13(2)16(22)23)14(3)17(24)25;/h2*4,13-14,20H,1,5-12H2,2-3H3,(H2-,18,21,22,23,24,25);/q;;+2. The van der Waals surface area contributed by atoms with E-state index in [0.717, 1.165) is 38.5 Å². The Balaban J connectivity index is -0.000000886. The molecule has 6 unspecified atom stereocenters. The Morgan fingerprint density at radius 3 is 1.16 bits per heavy atom. The van der Waals surface area contributed by atoms with Crippen LogP contribution in [0, 0.1) is 0 Å². The van der Waals surface area contributed by atoms with Gasteiger partial charge < -0.3 is 59.8 Å². The second kappa shape index (κ2) is 28.9. The van der Waals surface area contributed by atoms with Crippen molar-refractivity contribution in [2.24, 2.45) is 0 Å². The summed E-state index contributed by atoms with van der Waals surface area (Å²) < 4.78 is -0.796. The number of allylic oxidation sites excluding steroid dienone is 2. The van der Waals surface area contributed by atoms with Gasteiger partial charge in [-0.25, -0.2) is 9.59 Å². The van der Waals surface area contributed by atoms with Crippen LogP contribution in [0.15, 0.2) is 25.3 Å². The number of unbranched alkanes of at least 4 members (excludes halogenated alkanes) is 4. The molecule has 0 aliphatic heterocycles. The van der Waals surface area contributed by atoms with Crippen LogP contribution >= 0.6 is 0 Å². The van der Waals surface area contributed by atoms with E-state index >= 15 is 0 Å². The number of rotatable bonds is 28. The van der Waals surface area contributed by atoms with Crippen LogP contribution in [0.1, 0.15) is 79.1 Å². The van der Waals surface area contributed by atoms with Crippen LogP contribution in [0.5, 0.6) is 0 Å². The van der Waals surface area contributed by atoms with E-state index in [9.17, 15) is 59.4 Å². The summed E-state index contributed by atoms with van der Waals surface area (Å²) in [6, 6.07) is -4.40. The number of nitrogens with zero attached hydrogens (tertiary/aromatic N) is 2. The molecule has 0 aliphatic carbocycles. The first-order chi connectivity index (χ1) is 23.4. The van der Waals surface area contributed by atoms with Crippen molar-refractivity contribution in [2.45, 2.75) is 103 Å². The first-order valence-corrected chi connectivity index (χ1v) is 17.0. The second-order valence-electron chi connectivity index (χ2n) is 12.3. The van der Waals surface area contributed by atoms with Crippen molar-refractivity contribution < 1.29 is 68.4 Å². The van der Waals surface area contributed by atoms with Gasteiger partial charge in [0.05, 0.1) is 51.3 Å². The van der Waals surface area contributed by atoms with Gasteiger partial charge in [-0.15, -0.1) is 13.2 Å². The summed E-state index contributed by atoms with van der Waals surface area (Å²) in [5.74, 6) is -5.46. The van der Waals surface area contributed by atoms with E-state index in [1.54, 1.807) is 12.2 Å². The summed E-state index contributed by atoms with van der Waals surface area (Å²) in [4.78, 5) is 69.2. The molecule has 0 saturated carbocycles. The molecule has 6 atom stereocenters. The van der Waals surface area contributed by atoms with Crippen molar-refractivity contribution in [2.75, 3.05) is 52.5 Å². The molecule has 0 fully saturated rings. The Morgan fingerprint density at radius 2 is 0.922 bits per heavy atom. The van der Waals surface area contributed by atoms with Crippen molar-refractivity contribution in [1.29, 1.82) is 0 Å². The summed E-state index contributed by atoms with van der Waals surface area (Å²) in [6.45, 7) is 12.3. The number of quaternary nitrogens is 2. The van der Waals surface area contributed by atoms with E-state index in [1.807, 2.05) is 0 Å². The summed E-state index contributed by atoms with van der Waals surface area (Å²) in [7, 11) is 0. The molecule has 0 bridgehead atoms. The van der Waals surface area contributed by atoms with Gasteiger partial charge in [0.2, 0.25) is 11.8 Å². The molecule has 0 spiro atoms. The molecule has 17 heteroatoms. The zero-order valence-electron chi connectivity index (χ0n) is 30.8. The largest absolute Gasteiger partial charge is 2.00 e. The number of nitrogens with one attached hydrogen (secondary N) is 2. The molecule has 288 valence electrons. The van der Waals surface area contributed by atoms with Crippen LogP contribution < -0.4 is 20.8 Å². The van der Waals surface area contributed by atoms with Gasteiger partial charge >= 0.3 is 49.7 Å². The maximum atomic E-state index is 11.8. The van der Waals surface area contributed by atoms with Crippen molar-refractivity contribution in [3.8, 4) is 0 Å². The number of carbonyl (C=O) groups is 6. The number of amides is 2. The Morgan fingerprint density at radius 1 is 0.608 bits per heavy atom. The molecule has 16 nitrogen and oxygen atoms in total. The zero-order chi connectivity index (χ0) is 38.9. The predicted octanol–water partition coefficient (Wildman–Crippen LogP) is -1.84. The number of aliphatic hydroxyl groups excluding tert-OH is 2. The number of carboxylic acids is 4. The monoisotopic (exact) mass is 756 g/mol. The topological polar surface area (TPSA) is 254 Å². The fourth-order valence-electron chi connectivity index (χ4n) is 5.81. The molecule has 0 aromatic carbocycles. The summed E-state index contributed by atoms with van der Waals surface area (Å²) in [6.07, 6.45) is 9.09. The molecular weight excluding hydrogens is 696 g/mol. The molecule has 2 amide bonds. The minimum Gasteiger partial charge on any atom is -0.544 e. The molecule has 0 saturated heterocycles. The average molecular weight is 757 g/mol. The maximum absolute atomic E-state index is 11.8. The molecule has 0 rings (SSSR count). The summed E-state index contributed by atoms with van der Waals surface area (Å²) in [5, 5.41) is 65.4. The Bertz CT molecular complexity index is 983. The number of aliphatic hydroxyl groups is 2. The third-order valence-corrected chi connectivity index (χ3v) is 9.34. The van der Waals surface area contributed by atoms with Gasteiger partial charge in [0.25, 0.3) is 0 Å². The van der Waals surface area contributed by atoms with Crippen LogP contribution in [0.4, 0.5) is 0 Å². The molecule has 51 heavy (non-hydrogen) atoms. The molecule has 0 radical (unpaired) electrons. The van der Waals surface area contributed by atoms with Gasteiger partial charge in [0.15, 0.2) is 12.1 Å². The molecule has 0 heterocycles. The van der Waals surface area contributed by atoms with E-state index in [0.29, 0.717) is 12.8 Å². The first-order valence-electron chi connectivity index (χ1n) is 17.0. The SMILES string of the molecule is C=CCCCCC(=O)NCC[N+](CCO)(C(C)C(=O)[O-])C(C)C(=O)O.C=CCCCCC(=O)NCC[N+](CCO)(C(C)C(=O)[O-])C(C)C(=O)O.[Ca+2]. The van der Waals surface area contributed by atoms with Crippen molar-refractivity contribution in [1.82, 2.24) is 10.6 Å². The third kappa shape index (κ3) is 19.2. The fourth-order valence-corrected chi connectivity index (χ4v) is 5.81. The van der Waals surface area contributed by atoms with Crippen molar-refractivity contribution >= 4 is 73.4 Å². The summed E-state index contributed by atoms with van der Waals surface area (Å²) >= 11 is 0. The molecular formula is C34H60CaN4O12+2. The molecule has 0 aromatic heterocycles. The maximum Gasteiger partial charge on any atom is 2.00 e. The molecule has 0 aromatic rings. The van der Waals surface area contributed by atoms with Crippen molar-refractivity contribution in [3.63, 3.8) is 0 Å². The third-order valence-electron chi connectivity index (χ3n) is 9.34. The number of carboxylic acid groups (broad SMARTS) is 4. The van der Waals surface area contributed by atoms with Crippen molar-refractivity contribution in [3.05, 3.63) is 25.3 Å². The van der Waals surface area contributed by atoms with E-state index in [4.69, 9.17) is 0 Å². The fraction of sp³-hybridized carbons (Fsp3) is 0.706. The average Bonchev–Trinajstić information content (AvgIpc) is 3.06. The Hall–Kier alpha value is -2.60. The minimum atomic E-state index is -1.39. The van der Waals surface area contributed by atoms with Gasteiger partial charge in [-0.3, -0.25) is 9.59 Å². The van der Waals surface area contributed by atoms with Crippen LogP contribution in [0.2, 0.25) is 0 Å². The van der Waals surface area contributed by atoms with Crippen LogP contribution in [-0.2, 0) is 28.8 Å². The van der Waals surface area contributed by atoms with Gasteiger partial charge in [-0.1, -0.05) is 12.2 Å². The Labute approximate surface area is 331 Å². The van der Waals surface area contributed by atoms with E-state index in [-0.39, 0.29) is 102 Å². The molecule has 6 N–H and O–H groups in total. The van der Waals surface area contributed by atoms with Gasteiger partial charge in [-0.05, 0) is 66.2 Å². The van der Waals surface area contributed by atoms with E-state index in [1.165, 1.54) is 27.7 Å². The number of hydrogen-bond acceptors (Lipinski definition) is 10. The van der Waals surface area contributed by atoms with E-state index < -0.39 is 57.0 Å². The molecule has 0 aliphatic rings. The Kier molecular flexibility index (Phi) is 29.9. The van der Waals surface area contributed by atoms with Crippen LogP contribution in [0.25, 0.3) is 0 Å². The normalized spacial score (nSPS) is 15.3. The smallest absolute Gasteiger partial charge is 0.544 e. The van der Waals surface area contributed by atoms with Crippen LogP contribution in [0.3, 0.4) is 0 Å². The summed E-state index contributed by atoms with van der Waals surface area (Å²) in [5.41, 5.74) is 0. The first kappa shape index (κ1) is 52.8. The predicted molar refractivity (Wildman–Crippen MR) is 186 cm³/mol. The van der Waals surface area contributed by atoms with E-state index in [2.05, 4.69) is 23.8 Å². The van der Waals surface area contributed by atoms with Gasteiger partial charge in [0.1, 0.15) is 25.2 Å². The zero-order valence-corrected chi connectivity index (χ0v) is 33.1. The van der Waals surface area contributed by atoms with Gasteiger partial charge in [0, 0.05) is 12.8 Å². The van der Waals surface area contributed by atoms with Gasteiger partial charge in [-0.2, -0.15) is 0 Å². The van der Waals surface area contributed by atoms with Crippen LogP contribution in [-0.4, -0.2) is 179 Å². The minimum absolute atomic E-state index is 0. The second-order valence-corrected chi connectivity index (χ2v) is 12.3.